The van der Waals surface area contributed by atoms with E-state index in [2.05, 4.69) is 22.8 Å². The zero-order chi connectivity index (χ0) is 19.5. The van der Waals surface area contributed by atoms with Gasteiger partial charge in [0.05, 0.1) is 12.3 Å². The van der Waals surface area contributed by atoms with Crippen LogP contribution in [0.15, 0.2) is 53.9 Å². The Balaban J connectivity index is 1.37. The van der Waals surface area contributed by atoms with Crippen LogP contribution < -0.4 is 5.32 Å². The van der Waals surface area contributed by atoms with Crippen molar-refractivity contribution in [1.82, 2.24) is 10.2 Å². The number of nitrogens with one attached hydrogen (secondary N) is 1. The Labute approximate surface area is 170 Å². The quantitative estimate of drug-likeness (QED) is 0.665. The van der Waals surface area contributed by atoms with Crippen molar-refractivity contribution < 1.29 is 14.4 Å². The van der Waals surface area contributed by atoms with Crippen molar-refractivity contribution >= 4 is 50.2 Å². The lowest BCUT2D eigenvalue weighted by atomic mass is 10.1. The molecule has 3 amide bonds. The van der Waals surface area contributed by atoms with E-state index in [1.165, 1.54) is 20.5 Å². The predicted octanol–water partition coefficient (Wildman–Crippen LogP) is 4.07. The van der Waals surface area contributed by atoms with E-state index in [-0.39, 0.29) is 29.4 Å². The zero-order valence-corrected chi connectivity index (χ0v) is 16.6. The van der Waals surface area contributed by atoms with Crippen LogP contribution in [0.1, 0.15) is 21.5 Å². The summed E-state index contributed by atoms with van der Waals surface area (Å²) in [6, 6.07) is 15.3. The fourth-order valence-corrected chi connectivity index (χ4v) is 4.89. The number of amides is 3. The second kappa shape index (κ2) is 8.16. The lowest BCUT2D eigenvalue weighted by molar-refractivity contribution is -0.125. The standard InChI is InChI=1S/C21H18N2O3S2/c24-19-13-28-21(26)23(19)11-14-4-3-5-15(10-14)20(25)22-9-8-16-12-27-18-7-2-1-6-17(16)18/h1-7,10,12H,8-9,11,13H2,(H,22,25). The van der Waals surface area contributed by atoms with E-state index in [0.29, 0.717) is 12.1 Å². The number of hydrogen-bond acceptors (Lipinski definition) is 5. The van der Waals surface area contributed by atoms with Crippen molar-refractivity contribution in [3.8, 4) is 0 Å². The average Bonchev–Trinajstić information content (AvgIpc) is 3.26. The number of carbonyl (C=O) groups excluding carboxylic acids is 3. The minimum atomic E-state index is -0.233. The Bertz CT molecular complexity index is 1040. The minimum absolute atomic E-state index is 0.158. The first-order valence-electron chi connectivity index (χ1n) is 8.91. The van der Waals surface area contributed by atoms with E-state index in [9.17, 15) is 14.4 Å². The molecule has 142 valence electrons. The van der Waals surface area contributed by atoms with Gasteiger partial charge in [0.15, 0.2) is 0 Å². The fourth-order valence-electron chi connectivity index (χ4n) is 3.17. The summed E-state index contributed by atoms with van der Waals surface area (Å²) in [6.07, 6.45) is 0.767. The van der Waals surface area contributed by atoms with Crippen LogP contribution in [0.5, 0.6) is 0 Å². The van der Waals surface area contributed by atoms with Gasteiger partial charge in [0.2, 0.25) is 5.91 Å². The van der Waals surface area contributed by atoms with Crippen molar-refractivity contribution in [1.29, 1.82) is 0 Å². The summed E-state index contributed by atoms with van der Waals surface area (Å²) in [4.78, 5) is 37.2. The molecule has 5 nitrogen and oxygen atoms in total. The van der Waals surface area contributed by atoms with Crippen molar-refractivity contribution in [3.63, 3.8) is 0 Å². The number of hydrogen-bond donors (Lipinski definition) is 1. The molecule has 1 aliphatic rings. The molecular formula is C21H18N2O3S2. The van der Waals surface area contributed by atoms with Crippen molar-refractivity contribution in [2.75, 3.05) is 12.3 Å². The first-order chi connectivity index (χ1) is 13.6. The van der Waals surface area contributed by atoms with Crippen LogP contribution in [0.2, 0.25) is 0 Å². The number of imide groups is 1. The number of nitrogens with zero attached hydrogens (tertiary/aromatic N) is 1. The summed E-state index contributed by atoms with van der Waals surface area (Å²) in [6.45, 7) is 0.746. The molecule has 2 heterocycles. The second-order valence-electron chi connectivity index (χ2n) is 6.50. The molecule has 0 saturated carbocycles. The summed E-state index contributed by atoms with van der Waals surface area (Å²) in [5, 5.41) is 6.10. The van der Waals surface area contributed by atoms with Gasteiger partial charge in [-0.25, -0.2) is 0 Å². The molecule has 28 heavy (non-hydrogen) atoms. The fraction of sp³-hybridized carbons (Fsp3) is 0.190. The Morgan fingerprint density at radius 3 is 2.79 bits per heavy atom. The van der Waals surface area contributed by atoms with Gasteiger partial charge in [-0.05, 0) is 46.5 Å². The van der Waals surface area contributed by atoms with Crippen molar-refractivity contribution in [2.45, 2.75) is 13.0 Å². The SMILES string of the molecule is O=C(NCCc1csc2ccccc12)c1cccc(CN2C(=O)CSC2=O)c1. The summed E-state index contributed by atoms with van der Waals surface area (Å²) < 4.78 is 1.25. The number of carbonyl (C=O) groups is 3. The molecule has 0 aliphatic carbocycles. The molecule has 1 saturated heterocycles. The minimum Gasteiger partial charge on any atom is -0.352 e. The van der Waals surface area contributed by atoms with Gasteiger partial charge in [-0.2, -0.15) is 0 Å². The molecule has 0 radical (unpaired) electrons. The van der Waals surface area contributed by atoms with Gasteiger partial charge in [-0.15, -0.1) is 11.3 Å². The molecule has 7 heteroatoms. The van der Waals surface area contributed by atoms with Gasteiger partial charge in [-0.3, -0.25) is 19.3 Å². The van der Waals surface area contributed by atoms with Gasteiger partial charge >= 0.3 is 0 Å². The third-order valence-corrected chi connectivity index (χ3v) is 6.48. The molecule has 1 aromatic heterocycles. The first kappa shape index (κ1) is 18.7. The molecule has 0 unspecified atom stereocenters. The molecule has 3 aromatic rings. The van der Waals surface area contributed by atoms with Crippen LogP contribution in [-0.2, 0) is 17.8 Å². The highest BCUT2D eigenvalue weighted by Crippen LogP contribution is 2.25. The number of thioether (sulfide) groups is 1. The third-order valence-electron chi connectivity index (χ3n) is 4.61. The van der Waals surface area contributed by atoms with Gasteiger partial charge < -0.3 is 5.32 Å². The highest BCUT2D eigenvalue weighted by Gasteiger charge is 2.29. The van der Waals surface area contributed by atoms with E-state index >= 15 is 0 Å². The van der Waals surface area contributed by atoms with Crippen LogP contribution in [0.25, 0.3) is 10.1 Å². The van der Waals surface area contributed by atoms with Gasteiger partial charge in [-0.1, -0.05) is 42.1 Å². The Hall–Kier alpha value is -2.64. The zero-order valence-electron chi connectivity index (χ0n) is 15.0. The third kappa shape index (κ3) is 3.95. The van der Waals surface area contributed by atoms with Crippen LogP contribution in [0.3, 0.4) is 0 Å². The highest BCUT2D eigenvalue weighted by molar-refractivity contribution is 8.14. The molecule has 0 spiro atoms. The number of benzene rings is 2. The topological polar surface area (TPSA) is 66.5 Å². The van der Waals surface area contributed by atoms with Crippen molar-refractivity contribution in [3.05, 3.63) is 70.6 Å². The highest BCUT2D eigenvalue weighted by atomic mass is 32.2. The molecular weight excluding hydrogens is 392 g/mol. The maximum atomic E-state index is 12.5. The van der Waals surface area contributed by atoms with E-state index in [1.54, 1.807) is 29.5 Å². The number of thiophene rings is 1. The molecule has 0 atom stereocenters. The van der Waals surface area contributed by atoms with Crippen LogP contribution in [-0.4, -0.2) is 34.3 Å². The lowest BCUT2D eigenvalue weighted by Gasteiger charge is -2.13. The Morgan fingerprint density at radius 2 is 1.96 bits per heavy atom. The normalized spacial score (nSPS) is 14.1. The summed E-state index contributed by atoms with van der Waals surface area (Å²) in [7, 11) is 0. The van der Waals surface area contributed by atoms with Crippen LogP contribution in [0, 0.1) is 0 Å². The molecule has 1 fully saturated rings. The maximum absolute atomic E-state index is 12.5. The Morgan fingerprint density at radius 1 is 1.11 bits per heavy atom. The van der Waals surface area contributed by atoms with E-state index < -0.39 is 0 Å². The second-order valence-corrected chi connectivity index (χ2v) is 8.34. The lowest BCUT2D eigenvalue weighted by Crippen LogP contribution is -2.28. The van der Waals surface area contributed by atoms with Crippen LogP contribution in [0.4, 0.5) is 4.79 Å². The largest absolute Gasteiger partial charge is 0.352 e. The smallest absolute Gasteiger partial charge is 0.289 e. The average molecular weight is 411 g/mol. The molecule has 1 N–H and O–H groups in total. The van der Waals surface area contributed by atoms with Gasteiger partial charge in [0.1, 0.15) is 0 Å². The molecule has 4 rings (SSSR count). The van der Waals surface area contributed by atoms with Crippen molar-refractivity contribution in [2.24, 2.45) is 0 Å². The Kier molecular flexibility index (Phi) is 5.45. The number of rotatable bonds is 6. The monoisotopic (exact) mass is 410 g/mol. The predicted molar refractivity (Wildman–Crippen MR) is 113 cm³/mol. The summed E-state index contributed by atoms with van der Waals surface area (Å²) >= 11 is 2.73. The maximum Gasteiger partial charge on any atom is 0.289 e. The summed E-state index contributed by atoms with van der Waals surface area (Å²) in [5.41, 5.74) is 2.53. The van der Waals surface area contributed by atoms with E-state index in [0.717, 1.165) is 23.7 Å². The van der Waals surface area contributed by atoms with Crippen LogP contribution >= 0.6 is 23.1 Å². The molecule has 2 aromatic carbocycles. The first-order valence-corrected chi connectivity index (χ1v) is 10.8. The molecule has 1 aliphatic heterocycles. The number of fused-ring (bicyclic) bond motifs is 1. The van der Waals surface area contributed by atoms with E-state index in [1.807, 2.05) is 18.2 Å². The van der Waals surface area contributed by atoms with Gasteiger partial charge in [0.25, 0.3) is 11.1 Å². The summed E-state index contributed by atoms with van der Waals surface area (Å²) in [5.74, 6) is -0.154. The van der Waals surface area contributed by atoms with Gasteiger partial charge in [0, 0.05) is 16.8 Å². The molecule has 0 bridgehead atoms. The van der Waals surface area contributed by atoms with E-state index in [4.69, 9.17) is 0 Å².